The monoisotopic (exact) mass is 426 g/mol. The van der Waals surface area contributed by atoms with E-state index in [4.69, 9.17) is 4.74 Å². The Morgan fingerprint density at radius 2 is 2.07 bits per heavy atom. The van der Waals surface area contributed by atoms with Crippen molar-refractivity contribution in [2.45, 2.75) is 32.2 Å². The fourth-order valence-electron chi connectivity index (χ4n) is 4.49. The first-order valence-electron chi connectivity index (χ1n) is 10.6. The number of fused-ring (bicyclic) bond motifs is 1. The molecule has 5 rings (SSSR count). The Morgan fingerprint density at radius 1 is 1.23 bits per heavy atom. The van der Waals surface area contributed by atoms with Gasteiger partial charge in [-0.3, -0.25) is 14.5 Å². The average molecular weight is 427 g/mol. The second kappa shape index (κ2) is 8.45. The van der Waals surface area contributed by atoms with Crippen LogP contribution in [0.2, 0.25) is 0 Å². The fraction of sp³-hybridized carbons (Fsp3) is 0.500. The zero-order valence-corrected chi connectivity index (χ0v) is 17.7. The Hall–Kier alpha value is -2.29. The standard InChI is InChI=1S/C22H26N4O3S/c27-20-11-17(12-26(20)19-5-4-15-2-1-3-16(15)10-19)21(28)24-22-23-18(14-30-22)13-25-6-8-29-9-7-25/h4-5,10,14,17H,1-3,6-9,11-13H2,(H,23,24,28). The zero-order chi connectivity index (χ0) is 20.5. The molecule has 1 atom stereocenters. The van der Waals surface area contributed by atoms with E-state index >= 15 is 0 Å². The van der Waals surface area contributed by atoms with Crippen LogP contribution in [0.15, 0.2) is 23.6 Å². The maximum Gasteiger partial charge on any atom is 0.231 e. The van der Waals surface area contributed by atoms with E-state index in [-0.39, 0.29) is 24.2 Å². The lowest BCUT2D eigenvalue weighted by molar-refractivity contribution is -0.122. The molecule has 2 aromatic rings. The molecule has 3 heterocycles. The van der Waals surface area contributed by atoms with Crippen molar-refractivity contribution < 1.29 is 14.3 Å². The molecule has 1 aromatic carbocycles. The van der Waals surface area contributed by atoms with Crippen LogP contribution in [0.25, 0.3) is 0 Å². The summed E-state index contributed by atoms with van der Waals surface area (Å²) < 4.78 is 5.38. The van der Waals surface area contributed by atoms with Crippen molar-refractivity contribution in [1.29, 1.82) is 0 Å². The van der Waals surface area contributed by atoms with Crippen LogP contribution in [0.4, 0.5) is 10.8 Å². The van der Waals surface area contributed by atoms with E-state index in [0.29, 0.717) is 11.7 Å². The van der Waals surface area contributed by atoms with Gasteiger partial charge in [0.05, 0.1) is 24.8 Å². The molecule has 2 saturated heterocycles. The summed E-state index contributed by atoms with van der Waals surface area (Å²) >= 11 is 1.44. The first-order chi connectivity index (χ1) is 14.7. The Labute approximate surface area is 180 Å². The lowest BCUT2D eigenvalue weighted by atomic mass is 10.1. The number of benzene rings is 1. The summed E-state index contributed by atoms with van der Waals surface area (Å²) in [5, 5.41) is 5.51. The number of nitrogens with one attached hydrogen (secondary N) is 1. The topological polar surface area (TPSA) is 74.8 Å². The minimum atomic E-state index is -0.350. The highest BCUT2D eigenvalue weighted by atomic mass is 32.1. The SMILES string of the molecule is O=C(Nc1nc(CN2CCOCC2)cs1)C1CC(=O)N(c2ccc3c(c2)CCC3)C1. The number of carbonyl (C=O) groups is 2. The second-order valence-corrected chi connectivity index (χ2v) is 9.09. The molecule has 2 amide bonds. The molecule has 1 aliphatic carbocycles. The predicted molar refractivity (Wildman–Crippen MR) is 116 cm³/mol. The van der Waals surface area contributed by atoms with Gasteiger partial charge in [-0.2, -0.15) is 0 Å². The number of nitrogens with zero attached hydrogens (tertiary/aromatic N) is 3. The second-order valence-electron chi connectivity index (χ2n) is 8.23. The van der Waals surface area contributed by atoms with Crippen LogP contribution < -0.4 is 10.2 Å². The van der Waals surface area contributed by atoms with Gasteiger partial charge < -0.3 is 15.0 Å². The van der Waals surface area contributed by atoms with E-state index < -0.39 is 0 Å². The van der Waals surface area contributed by atoms with Gasteiger partial charge >= 0.3 is 0 Å². The van der Waals surface area contributed by atoms with Gasteiger partial charge in [-0.25, -0.2) is 4.98 Å². The number of carbonyl (C=O) groups excluding carboxylic acids is 2. The van der Waals surface area contributed by atoms with Crippen molar-refractivity contribution in [2.75, 3.05) is 43.1 Å². The molecule has 0 radical (unpaired) electrons. The van der Waals surface area contributed by atoms with Gasteiger partial charge in [0.2, 0.25) is 11.8 Å². The van der Waals surface area contributed by atoms with Crippen molar-refractivity contribution in [3.8, 4) is 0 Å². The number of rotatable bonds is 5. The van der Waals surface area contributed by atoms with Gasteiger partial charge in [0.15, 0.2) is 5.13 Å². The lowest BCUT2D eigenvalue weighted by Crippen LogP contribution is -2.35. The van der Waals surface area contributed by atoms with Gasteiger partial charge in [-0.15, -0.1) is 11.3 Å². The number of thiazole rings is 1. The number of morpholine rings is 1. The Morgan fingerprint density at radius 3 is 2.93 bits per heavy atom. The van der Waals surface area contributed by atoms with Crippen LogP contribution >= 0.6 is 11.3 Å². The van der Waals surface area contributed by atoms with Crippen LogP contribution in [-0.4, -0.2) is 54.5 Å². The van der Waals surface area contributed by atoms with Crippen molar-refractivity contribution in [3.05, 3.63) is 40.4 Å². The third-order valence-electron chi connectivity index (χ3n) is 6.16. The number of ether oxygens (including phenoxy) is 1. The van der Waals surface area contributed by atoms with E-state index in [1.54, 1.807) is 4.90 Å². The van der Waals surface area contributed by atoms with Gasteiger partial charge in [-0.1, -0.05) is 6.07 Å². The molecule has 2 fully saturated rings. The molecule has 30 heavy (non-hydrogen) atoms. The summed E-state index contributed by atoms with van der Waals surface area (Å²) in [6, 6.07) is 6.27. The molecule has 1 aromatic heterocycles. The van der Waals surface area contributed by atoms with E-state index in [1.807, 2.05) is 11.4 Å². The minimum absolute atomic E-state index is 0.0141. The van der Waals surface area contributed by atoms with Crippen LogP contribution in [0, 0.1) is 5.92 Å². The number of amides is 2. The molecule has 7 nitrogen and oxygen atoms in total. The van der Waals surface area contributed by atoms with Crippen molar-refractivity contribution >= 4 is 34.0 Å². The van der Waals surface area contributed by atoms with Crippen molar-refractivity contribution in [1.82, 2.24) is 9.88 Å². The number of hydrogen-bond donors (Lipinski definition) is 1. The number of aryl methyl sites for hydroxylation is 2. The molecule has 8 heteroatoms. The van der Waals surface area contributed by atoms with Crippen molar-refractivity contribution in [2.24, 2.45) is 5.92 Å². The molecular formula is C22H26N4O3S. The summed E-state index contributed by atoms with van der Waals surface area (Å²) in [5.74, 6) is -0.461. The Bertz CT molecular complexity index is 954. The van der Waals surface area contributed by atoms with E-state index in [1.165, 1.54) is 28.9 Å². The normalized spacial score (nSPS) is 21.8. The van der Waals surface area contributed by atoms with Crippen LogP contribution in [0.5, 0.6) is 0 Å². The first-order valence-corrected chi connectivity index (χ1v) is 11.5. The Kier molecular flexibility index (Phi) is 5.54. The van der Waals surface area contributed by atoms with Crippen LogP contribution in [0.3, 0.4) is 0 Å². The predicted octanol–water partition coefficient (Wildman–Crippen LogP) is 2.46. The summed E-state index contributed by atoms with van der Waals surface area (Å²) in [6.45, 7) is 4.51. The molecule has 1 unspecified atom stereocenters. The number of hydrogen-bond acceptors (Lipinski definition) is 6. The third-order valence-corrected chi connectivity index (χ3v) is 6.97. The average Bonchev–Trinajstić information content (AvgIpc) is 3.48. The molecule has 158 valence electrons. The van der Waals surface area contributed by atoms with E-state index in [2.05, 4.69) is 27.3 Å². The molecule has 0 spiro atoms. The molecular weight excluding hydrogens is 400 g/mol. The zero-order valence-electron chi connectivity index (χ0n) is 16.9. The van der Waals surface area contributed by atoms with Crippen molar-refractivity contribution in [3.63, 3.8) is 0 Å². The highest BCUT2D eigenvalue weighted by Crippen LogP contribution is 2.31. The van der Waals surface area contributed by atoms with Gasteiger partial charge in [0, 0.05) is 43.7 Å². The maximum absolute atomic E-state index is 12.8. The lowest BCUT2D eigenvalue weighted by Gasteiger charge is -2.25. The van der Waals surface area contributed by atoms with Crippen LogP contribution in [0.1, 0.15) is 29.7 Å². The quantitative estimate of drug-likeness (QED) is 0.795. The van der Waals surface area contributed by atoms with Gasteiger partial charge in [0.1, 0.15) is 0 Å². The summed E-state index contributed by atoms with van der Waals surface area (Å²) in [5.41, 5.74) is 4.59. The van der Waals surface area contributed by atoms with Crippen LogP contribution in [-0.2, 0) is 33.7 Å². The minimum Gasteiger partial charge on any atom is -0.379 e. The molecule has 3 aliphatic rings. The maximum atomic E-state index is 12.8. The Balaban J connectivity index is 1.19. The molecule has 0 bridgehead atoms. The number of aromatic nitrogens is 1. The summed E-state index contributed by atoms with van der Waals surface area (Å²) in [6.07, 6.45) is 3.62. The highest BCUT2D eigenvalue weighted by Gasteiger charge is 2.35. The smallest absolute Gasteiger partial charge is 0.231 e. The van der Waals surface area contributed by atoms with E-state index in [0.717, 1.165) is 57.1 Å². The molecule has 1 N–H and O–H groups in total. The van der Waals surface area contributed by atoms with E-state index in [9.17, 15) is 9.59 Å². The highest BCUT2D eigenvalue weighted by molar-refractivity contribution is 7.13. The van der Waals surface area contributed by atoms with Gasteiger partial charge in [-0.05, 0) is 42.5 Å². The largest absolute Gasteiger partial charge is 0.379 e. The summed E-state index contributed by atoms with van der Waals surface area (Å²) in [4.78, 5) is 34.0. The molecule has 2 aliphatic heterocycles. The number of anilines is 2. The summed E-state index contributed by atoms with van der Waals surface area (Å²) in [7, 11) is 0. The first kappa shape index (κ1) is 19.7. The third kappa shape index (κ3) is 4.12. The fourth-order valence-corrected chi connectivity index (χ4v) is 5.20. The van der Waals surface area contributed by atoms with Gasteiger partial charge in [0.25, 0.3) is 0 Å². The molecule has 0 saturated carbocycles.